The number of nitrogens with zero attached hydrogens (tertiary/aromatic N) is 1. The van der Waals surface area contributed by atoms with Crippen LogP contribution in [0.15, 0.2) is 35.3 Å². The molecule has 0 saturated heterocycles. The van der Waals surface area contributed by atoms with Crippen LogP contribution in [0.5, 0.6) is 0 Å². The van der Waals surface area contributed by atoms with E-state index < -0.39 is 0 Å². The fraction of sp³-hybridized carbons (Fsp3) is 0.308. The van der Waals surface area contributed by atoms with Crippen LogP contribution in [-0.4, -0.2) is 23.4 Å². The van der Waals surface area contributed by atoms with Crippen molar-refractivity contribution in [3.05, 3.63) is 45.9 Å². The summed E-state index contributed by atoms with van der Waals surface area (Å²) in [6.07, 6.45) is 1.72. The zero-order valence-electron chi connectivity index (χ0n) is 9.91. The average molecular weight is 317 g/mol. The second kappa shape index (κ2) is 6.22. The van der Waals surface area contributed by atoms with E-state index in [9.17, 15) is 4.79 Å². The van der Waals surface area contributed by atoms with Crippen LogP contribution in [-0.2, 0) is 0 Å². The average Bonchev–Trinajstić information content (AvgIpc) is 2.23. The van der Waals surface area contributed by atoms with Gasteiger partial charge in [-0.15, -0.1) is 6.58 Å². The first-order chi connectivity index (χ1) is 7.95. The number of hydrogen-bond donors (Lipinski definition) is 0. The fourth-order valence-electron chi connectivity index (χ4n) is 1.51. The topological polar surface area (TPSA) is 20.3 Å². The summed E-state index contributed by atoms with van der Waals surface area (Å²) in [7, 11) is 0. The predicted molar refractivity (Wildman–Crippen MR) is 75.5 cm³/mol. The standard InChI is InChI=1S/C13H15BrClNO/c1-4-5-16(9(2)3)13(17)10-6-11(14)8-12(15)7-10/h4,6-9H,1,5H2,2-3H3. The van der Waals surface area contributed by atoms with Crippen molar-refractivity contribution in [2.75, 3.05) is 6.54 Å². The highest BCUT2D eigenvalue weighted by atomic mass is 79.9. The minimum absolute atomic E-state index is 0.0388. The van der Waals surface area contributed by atoms with E-state index in [0.29, 0.717) is 17.1 Å². The normalized spacial score (nSPS) is 10.4. The number of amides is 1. The van der Waals surface area contributed by atoms with Crippen molar-refractivity contribution in [3.8, 4) is 0 Å². The molecule has 0 spiro atoms. The van der Waals surface area contributed by atoms with Crippen LogP contribution < -0.4 is 0 Å². The molecule has 0 unspecified atom stereocenters. The Morgan fingerprint density at radius 2 is 2.18 bits per heavy atom. The second-order valence-electron chi connectivity index (χ2n) is 4.00. The zero-order valence-corrected chi connectivity index (χ0v) is 12.3. The number of carbonyl (C=O) groups excluding carboxylic acids is 1. The summed E-state index contributed by atoms with van der Waals surface area (Å²) in [6.45, 7) is 8.14. The number of halogens is 2. The molecule has 0 aliphatic rings. The van der Waals surface area contributed by atoms with Crippen molar-refractivity contribution in [2.45, 2.75) is 19.9 Å². The SMILES string of the molecule is C=CCN(C(=O)c1cc(Cl)cc(Br)c1)C(C)C. The predicted octanol–water partition coefficient (Wildman–Crippen LogP) is 4.14. The van der Waals surface area contributed by atoms with Gasteiger partial charge < -0.3 is 4.90 Å². The first kappa shape index (κ1) is 14.3. The maximum absolute atomic E-state index is 12.3. The van der Waals surface area contributed by atoms with Crippen LogP contribution in [0.1, 0.15) is 24.2 Å². The number of rotatable bonds is 4. The van der Waals surface area contributed by atoms with E-state index >= 15 is 0 Å². The molecule has 1 rings (SSSR count). The van der Waals surface area contributed by atoms with Gasteiger partial charge in [0.25, 0.3) is 5.91 Å². The molecule has 1 aromatic carbocycles. The van der Waals surface area contributed by atoms with Gasteiger partial charge in [0, 0.05) is 27.6 Å². The van der Waals surface area contributed by atoms with Crippen LogP contribution in [0.3, 0.4) is 0 Å². The summed E-state index contributed by atoms with van der Waals surface area (Å²) in [4.78, 5) is 14.0. The molecular formula is C13H15BrClNO. The Labute approximate surface area is 115 Å². The molecule has 1 amide bonds. The fourth-order valence-corrected chi connectivity index (χ4v) is 2.37. The van der Waals surface area contributed by atoms with Gasteiger partial charge in [0.2, 0.25) is 0 Å². The lowest BCUT2D eigenvalue weighted by atomic mass is 10.1. The van der Waals surface area contributed by atoms with E-state index in [2.05, 4.69) is 22.5 Å². The molecule has 1 aromatic rings. The minimum Gasteiger partial charge on any atom is -0.333 e. The molecule has 0 N–H and O–H groups in total. The van der Waals surface area contributed by atoms with Crippen LogP contribution in [0.2, 0.25) is 5.02 Å². The third-order valence-electron chi connectivity index (χ3n) is 2.32. The van der Waals surface area contributed by atoms with E-state index in [1.807, 2.05) is 13.8 Å². The molecule has 0 atom stereocenters. The number of benzene rings is 1. The highest BCUT2D eigenvalue weighted by molar-refractivity contribution is 9.10. The van der Waals surface area contributed by atoms with Gasteiger partial charge in [0.1, 0.15) is 0 Å². The van der Waals surface area contributed by atoms with Crippen molar-refractivity contribution in [1.29, 1.82) is 0 Å². The highest BCUT2D eigenvalue weighted by Crippen LogP contribution is 2.21. The Hall–Kier alpha value is -0.800. The Bertz CT molecular complexity index is 411. The Balaban J connectivity index is 3.04. The van der Waals surface area contributed by atoms with Crippen LogP contribution >= 0.6 is 27.5 Å². The van der Waals surface area contributed by atoms with E-state index in [1.165, 1.54) is 0 Å². The third-order valence-corrected chi connectivity index (χ3v) is 3.00. The number of hydrogen-bond acceptors (Lipinski definition) is 1. The summed E-state index contributed by atoms with van der Waals surface area (Å²) in [5, 5.41) is 0.546. The Morgan fingerprint density at radius 3 is 2.65 bits per heavy atom. The second-order valence-corrected chi connectivity index (χ2v) is 5.35. The molecule has 0 radical (unpaired) electrons. The van der Waals surface area contributed by atoms with Crippen molar-refractivity contribution in [2.24, 2.45) is 0 Å². The van der Waals surface area contributed by atoms with Gasteiger partial charge in [-0.25, -0.2) is 0 Å². The van der Waals surface area contributed by atoms with Gasteiger partial charge in [-0.1, -0.05) is 33.6 Å². The zero-order chi connectivity index (χ0) is 13.0. The molecular weight excluding hydrogens is 302 g/mol. The smallest absolute Gasteiger partial charge is 0.254 e. The molecule has 0 fully saturated rings. The van der Waals surface area contributed by atoms with Gasteiger partial charge >= 0.3 is 0 Å². The molecule has 2 nitrogen and oxygen atoms in total. The van der Waals surface area contributed by atoms with Gasteiger partial charge in [0.15, 0.2) is 0 Å². The molecule has 17 heavy (non-hydrogen) atoms. The molecule has 0 aliphatic carbocycles. The van der Waals surface area contributed by atoms with E-state index in [1.54, 1.807) is 29.2 Å². The van der Waals surface area contributed by atoms with Crippen molar-refractivity contribution in [1.82, 2.24) is 4.90 Å². The van der Waals surface area contributed by atoms with Gasteiger partial charge in [-0.3, -0.25) is 4.79 Å². The van der Waals surface area contributed by atoms with Crippen molar-refractivity contribution in [3.63, 3.8) is 0 Å². The summed E-state index contributed by atoms with van der Waals surface area (Å²) in [5.74, 6) is -0.0388. The summed E-state index contributed by atoms with van der Waals surface area (Å²) in [6, 6.07) is 5.32. The lowest BCUT2D eigenvalue weighted by molar-refractivity contribution is 0.0728. The molecule has 0 aliphatic heterocycles. The minimum atomic E-state index is -0.0388. The van der Waals surface area contributed by atoms with Crippen molar-refractivity contribution >= 4 is 33.4 Å². The maximum atomic E-state index is 12.3. The highest BCUT2D eigenvalue weighted by Gasteiger charge is 2.18. The Kier molecular flexibility index (Phi) is 5.22. The molecule has 92 valence electrons. The first-order valence-corrected chi connectivity index (χ1v) is 6.50. The van der Waals surface area contributed by atoms with Crippen LogP contribution in [0.25, 0.3) is 0 Å². The first-order valence-electron chi connectivity index (χ1n) is 5.33. The van der Waals surface area contributed by atoms with Crippen LogP contribution in [0.4, 0.5) is 0 Å². The molecule has 0 saturated carbocycles. The third kappa shape index (κ3) is 3.86. The number of carbonyl (C=O) groups is 1. The lowest BCUT2D eigenvalue weighted by Crippen LogP contribution is -2.37. The largest absolute Gasteiger partial charge is 0.333 e. The summed E-state index contributed by atoms with van der Waals surface area (Å²) < 4.78 is 0.802. The van der Waals surface area contributed by atoms with Crippen molar-refractivity contribution < 1.29 is 4.79 Å². The van der Waals surface area contributed by atoms with Gasteiger partial charge in [-0.05, 0) is 32.0 Å². The van der Waals surface area contributed by atoms with Gasteiger partial charge in [0.05, 0.1) is 0 Å². The lowest BCUT2D eigenvalue weighted by Gasteiger charge is -2.25. The molecule has 0 heterocycles. The van der Waals surface area contributed by atoms with E-state index in [4.69, 9.17) is 11.6 Å². The van der Waals surface area contributed by atoms with E-state index in [-0.39, 0.29) is 11.9 Å². The summed E-state index contributed by atoms with van der Waals surface area (Å²) >= 11 is 9.27. The quantitative estimate of drug-likeness (QED) is 0.765. The molecule has 0 bridgehead atoms. The summed E-state index contributed by atoms with van der Waals surface area (Å²) in [5.41, 5.74) is 0.583. The monoisotopic (exact) mass is 315 g/mol. The molecule has 0 aromatic heterocycles. The van der Waals surface area contributed by atoms with E-state index in [0.717, 1.165) is 4.47 Å². The van der Waals surface area contributed by atoms with Crippen LogP contribution in [0, 0.1) is 0 Å². The Morgan fingerprint density at radius 1 is 1.53 bits per heavy atom. The molecule has 4 heteroatoms. The van der Waals surface area contributed by atoms with Gasteiger partial charge in [-0.2, -0.15) is 0 Å². The maximum Gasteiger partial charge on any atom is 0.254 e.